The lowest BCUT2D eigenvalue weighted by Crippen LogP contribution is -2.45. The maximum Gasteiger partial charge on any atom is 0.268 e. The number of nitrogens with zero attached hydrogens (tertiary/aromatic N) is 1. The number of quaternary nitrogens is 1. The van der Waals surface area contributed by atoms with Crippen molar-refractivity contribution in [3.63, 3.8) is 0 Å². The Morgan fingerprint density at radius 2 is 0.678 bits per heavy atom. The van der Waals surface area contributed by atoms with Crippen molar-refractivity contribution in [1.29, 1.82) is 0 Å². The van der Waals surface area contributed by atoms with Crippen molar-refractivity contribution in [1.82, 2.24) is 5.32 Å². The van der Waals surface area contributed by atoms with E-state index in [1.54, 1.807) is 6.08 Å². The van der Waals surface area contributed by atoms with Crippen molar-refractivity contribution in [3.05, 3.63) is 158 Å². The highest BCUT2D eigenvalue weighted by Crippen LogP contribution is 2.38. The van der Waals surface area contributed by atoms with Crippen LogP contribution in [-0.2, 0) is 18.4 Å². The number of hydrogen-bond acceptors (Lipinski definition) is 6. The van der Waals surface area contributed by atoms with Gasteiger partial charge in [-0.3, -0.25) is 9.36 Å². The number of carbonyl (C=O) groups is 1. The van der Waals surface area contributed by atoms with Crippen molar-refractivity contribution in [2.45, 2.75) is 309 Å². The number of allylic oxidation sites excluding steroid dienone is 25. The molecule has 0 aliphatic heterocycles. The van der Waals surface area contributed by atoms with Crippen LogP contribution in [0.15, 0.2) is 158 Å². The average molecular weight is 1270 g/mol. The number of nitrogens with one attached hydrogen (secondary N) is 1. The molecular weight excluding hydrogens is 1130 g/mol. The summed E-state index contributed by atoms with van der Waals surface area (Å²) in [5, 5.41) is 13.9. The smallest absolute Gasteiger partial charge is 0.268 e. The Morgan fingerprint density at radius 1 is 0.400 bits per heavy atom. The molecule has 0 bridgehead atoms. The predicted octanol–water partition coefficient (Wildman–Crippen LogP) is 23.5. The van der Waals surface area contributed by atoms with E-state index in [1.165, 1.54) is 161 Å². The molecular formula is C81H139N2O6P. The van der Waals surface area contributed by atoms with Crippen LogP contribution in [0.3, 0.4) is 0 Å². The van der Waals surface area contributed by atoms with E-state index >= 15 is 0 Å². The Hall–Kier alpha value is -3.88. The lowest BCUT2D eigenvalue weighted by molar-refractivity contribution is -0.870. The highest BCUT2D eigenvalue weighted by molar-refractivity contribution is 7.45. The Kier molecular flexibility index (Phi) is 66.5. The number of phosphoric acid groups is 1. The van der Waals surface area contributed by atoms with Gasteiger partial charge in [0.05, 0.1) is 39.9 Å². The molecule has 0 saturated heterocycles. The van der Waals surface area contributed by atoms with Crippen molar-refractivity contribution < 1.29 is 32.9 Å². The highest BCUT2D eigenvalue weighted by atomic mass is 31.2. The number of phosphoric ester groups is 1. The maximum absolute atomic E-state index is 13.0. The minimum Gasteiger partial charge on any atom is -0.756 e. The number of carbonyl (C=O) groups excluding carboxylic acids is 1. The van der Waals surface area contributed by atoms with E-state index in [2.05, 4.69) is 165 Å². The number of likely N-dealkylation sites (N-methyl/N-ethyl adjacent to an activating group) is 1. The maximum atomic E-state index is 13.0. The van der Waals surface area contributed by atoms with Gasteiger partial charge in [-0.05, 0) is 109 Å². The van der Waals surface area contributed by atoms with Crippen molar-refractivity contribution in [3.8, 4) is 0 Å². The number of hydrogen-bond donors (Lipinski definition) is 2. The quantitative estimate of drug-likeness (QED) is 0.0272. The molecule has 2 N–H and O–H groups in total. The first-order chi connectivity index (χ1) is 44.0. The molecule has 0 aromatic rings. The van der Waals surface area contributed by atoms with Crippen LogP contribution in [0.2, 0.25) is 0 Å². The second-order valence-corrected chi connectivity index (χ2v) is 27.0. The Bertz CT molecular complexity index is 2030. The van der Waals surface area contributed by atoms with Gasteiger partial charge in [0.2, 0.25) is 5.91 Å². The fraction of sp³-hybridized carbons (Fsp3) is 0.667. The van der Waals surface area contributed by atoms with Gasteiger partial charge in [-0.15, -0.1) is 0 Å². The van der Waals surface area contributed by atoms with Crippen LogP contribution in [0, 0.1) is 0 Å². The van der Waals surface area contributed by atoms with Gasteiger partial charge in [-0.25, -0.2) is 0 Å². The van der Waals surface area contributed by atoms with E-state index in [0.717, 1.165) is 109 Å². The molecule has 0 aliphatic carbocycles. The van der Waals surface area contributed by atoms with Gasteiger partial charge in [-0.1, -0.05) is 339 Å². The summed E-state index contributed by atoms with van der Waals surface area (Å²) in [7, 11) is 1.22. The van der Waals surface area contributed by atoms with Crippen molar-refractivity contribution >= 4 is 13.7 Å². The van der Waals surface area contributed by atoms with Crippen LogP contribution in [-0.4, -0.2) is 68.5 Å². The standard InChI is InChI=1S/C81H139N2O6P/c1-6-8-10-12-14-16-18-20-22-24-26-28-30-32-34-36-37-38-39-40-41-42-43-44-45-47-49-51-53-55-57-59-61-63-65-67-69-71-73-75-81(85)82-79(78-89-90(86,87)88-77-76-83(3,4)5)80(84)74-72-70-68-66-64-62-60-58-56-54-52-50-48-46-35-33-31-29-27-25-23-21-19-17-15-13-11-9-7-2/h8,10,14,16,20,22,26,28,32,34,37-38,40-41,43-44,47,49,53,55,59,61,65,67,72,74,79-80,84H,6-7,9,11-13,15,17-19,21,23-25,27,29-31,33,35-36,39,42,45-46,48,50-52,54,56-58,60,62-64,66,68-71,73,75-78H2,1-5H3,(H-,82,85,86,87)/b10-8-,16-14-,22-20-,28-26-,34-32-,38-37-,41-40-,44-43-,49-47-,55-53-,61-59-,67-65-,74-72+. The molecule has 0 aromatic heterocycles. The lowest BCUT2D eigenvalue weighted by atomic mass is 10.0. The number of rotatable bonds is 66. The van der Waals surface area contributed by atoms with Crippen LogP contribution in [0.1, 0.15) is 296 Å². The van der Waals surface area contributed by atoms with Gasteiger partial charge in [0.15, 0.2) is 0 Å². The molecule has 0 rings (SSSR count). The second-order valence-electron chi connectivity index (χ2n) is 25.6. The molecule has 0 fully saturated rings. The summed E-state index contributed by atoms with van der Waals surface area (Å²) in [6.45, 7) is 4.51. The van der Waals surface area contributed by atoms with E-state index < -0.39 is 26.6 Å². The molecule has 1 amide bonds. The fourth-order valence-corrected chi connectivity index (χ4v) is 10.8. The summed E-state index contributed by atoms with van der Waals surface area (Å²) < 4.78 is 23.4. The normalized spacial score (nSPS) is 14.5. The first-order valence-corrected chi connectivity index (χ1v) is 38.3. The van der Waals surface area contributed by atoms with Gasteiger partial charge < -0.3 is 28.8 Å². The monoisotopic (exact) mass is 1270 g/mol. The summed E-state index contributed by atoms with van der Waals surface area (Å²) in [5.74, 6) is -0.243. The Morgan fingerprint density at radius 3 is 0.989 bits per heavy atom. The molecule has 514 valence electrons. The van der Waals surface area contributed by atoms with E-state index in [0.29, 0.717) is 17.4 Å². The molecule has 0 radical (unpaired) electrons. The summed E-state index contributed by atoms with van der Waals surface area (Å²) in [5.41, 5.74) is 0. The third-order valence-electron chi connectivity index (χ3n) is 15.7. The zero-order valence-electron chi connectivity index (χ0n) is 58.8. The molecule has 3 unspecified atom stereocenters. The van der Waals surface area contributed by atoms with Gasteiger partial charge in [0, 0.05) is 6.42 Å². The highest BCUT2D eigenvalue weighted by Gasteiger charge is 2.23. The zero-order valence-corrected chi connectivity index (χ0v) is 59.7. The Balaban J connectivity index is 4.21. The molecule has 0 heterocycles. The van der Waals surface area contributed by atoms with Crippen LogP contribution in [0.4, 0.5) is 0 Å². The van der Waals surface area contributed by atoms with Gasteiger partial charge in [0.1, 0.15) is 13.2 Å². The minimum atomic E-state index is -4.63. The minimum absolute atomic E-state index is 0.0176. The van der Waals surface area contributed by atoms with Crippen LogP contribution in [0.25, 0.3) is 0 Å². The van der Waals surface area contributed by atoms with E-state index in [9.17, 15) is 19.4 Å². The molecule has 0 saturated carbocycles. The number of amides is 1. The molecule has 0 aliphatic rings. The SMILES string of the molecule is CC/C=C\C/C=C\C/C=C\C/C=C\C/C=C\C/C=C\C/C=C\C/C=C\C/C=C\C/C=C\C/C=C\C/C=C\CCCCC(=O)NC(COP(=O)([O-])OCC[N+](C)(C)C)C(O)/C=C/CCCCCCCCCCCCCCCCCCCCCCCCCCCCC. The molecule has 0 aromatic carbocycles. The lowest BCUT2D eigenvalue weighted by Gasteiger charge is -2.29. The topological polar surface area (TPSA) is 108 Å². The predicted molar refractivity (Wildman–Crippen MR) is 394 cm³/mol. The summed E-state index contributed by atoms with van der Waals surface area (Å²) in [4.78, 5) is 25.6. The number of unbranched alkanes of at least 4 members (excludes halogenated alkanes) is 29. The van der Waals surface area contributed by atoms with Crippen LogP contribution in [0.5, 0.6) is 0 Å². The van der Waals surface area contributed by atoms with Crippen molar-refractivity contribution in [2.75, 3.05) is 40.9 Å². The van der Waals surface area contributed by atoms with Crippen molar-refractivity contribution in [2.24, 2.45) is 0 Å². The zero-order chi connectivity index (χ0) is 65.5. The third kappa shape index (κ3) is 71.6. The molecule has 9 heteroatoms. The largest absolute Gasteiger partial charge is 0.756 e. The molecule has 3 atom stereocenters. The first kappa shape index (κ1) is 86.1. The van der Waals surface area contributed by atoms with E-state index in [4.69, 9.17) is 9.05 Å². The fourth-order valence-electron chi connectivity index (χ4n) is 10.1. The molecule has 8 nitrogen and oxygen atoms in total. The van der Waals surface area contributed by atoms with E-state index in [-0.39, 0.29) is 18.9 Å². The third-order valence-corrected chi connectivity index (χ3v) is 16.7. The Labute approximate surface area is 556 Å². The molecule has 0 spiro atoms. The summed E-state index contributed by atoms with van der Waals surface area (Å²) >= 11 is 0. The van der Waals surface area contributed by atoms with Gasteiger partial charge in [0.25, 0.3) is 7.82 Å². The van der Waals surface area contributed by atoms with Gasteiger partial charge >= 0.3 is 0 Å². The second kappa shape index (κ2) is 69.5. The van der Waals surface area contributed by atoms with Crippen LogP contribution >= 0.6 is 7.82 Å². The summed E-state index contributed by atoms with van der Waals surface area (Å²) in [6.07, 6.45) is 108. The van der Waals surface area contributed by atoms with E-state index in [1.807, 2.05) is 27.2 Å². The molecule has 90 heavy (non-hydrogen) atoms. The average Bonchev–Trinajstić information content (AvgIpc) is 3.72. The van der Waals surface area contributed by atoms with Crippen LogP contribution < -0.4 is 10.2 Å². The number of aliphatic hydroxyl groups is 1. The van der Waals surface area contributed by atoms with Gasteiger partial charge in [-0.2, -0.15) is 0 Å². The number of aliphatic hydroxyl groups excluding tert-OH is 1. The summed E-state index contributed by atoms with van der Waals surface area (Å²) in [6, 6.07) is -0.924. The first-order valence-electron chi connectivity index (χ1n) is 36.8.